The van der Waals surface area contributed by atoms with E-state index in [1.54, 1.807) is 21.3 Å². The first-order chi connectivity index (χ1) is 15.2. The second-order valence-electron chi connectivity index (χ2n) is 6.91. The first kappa shape index (κ1) is 22.4. The largest absolute Gasteiger partial charge is 0.493 e. The lowest BCUT2D eigenvalue weighted by atomic mass is 10.2. The summed E-state index contributed by atoms with van der Waals surface area (Å²) >= 11 is 0. The van der Waals surface area contributed by atoms with E-state index in [9.17, 15) is 0 Å². The molecule has 0 atom stereocenters. The molecule has 0 radical (unpaired) electrons. The van der Waals surface area contributed by atoms with E-state index in [2.05, 4.69) is 10.6 Å². The van der Waals surface area contributed by atoms with Crippen LogP contribution in [0.5, 0.6) is 28.7 Å². The molecule has 0 aromatic heterocycles. The number of benzene rings is 2. The zero-order valence-electron chi connectivity index (χ0n) is 18.6. The van der Waals surface area contributed by atoms with Crippen molar-refractivity contribution in [1.29, 1.82) is 0 Å². The van der Waals surface area contributed by atoms with Gasteiger partial charge in [-0.1, -0.05) is 6.07 Å². The molecule has 0 saturated heterocycles. The molecule has 0 saturated carbocycles. The number of guanidine groups is 1. The third-order valence-corrected chi connectivity index (χ3v) is 4.76. The van der Waals surface area contributed by atoms with Gasteiger partial charge in [0, 0.05) is 19.5 Å². The summed E-state index contributed by atoms with van der Waals surface area (Å²) in [6.07, 6.45) is 0.889. The Labute approximate surface area is 183 Å². The number of methoxy groups -OCH3 is 3. The summed E-state index contributed by atoms with van der Waals surface area (Å²) in [5.41, 5.74) is 2.03. The lowest BCUT2D eigenvalue weighted by Crippen LogP contribution is -2.36. The number of ether oxygens (including phenoxy) is 5. The molecule has 0 bridgehead atoms. The minimum atomic E-state index is 0.452. The van der Waals surface area contributed by atoms with Crippen molar-refractivity contribution in [3.8, 4) is 28.7 Å². The van der Waals surface area contributed by atoms with Gasteiger partial charge in [0.05, 0.1) is 41.1 Å². The van der Waals surface area contributed by atoms with E-state index >= 15 is 0 Å². The van der Waals surface area contributed by atoms with Crippen LogP contribution in [-0.2, 0) is 13.1 Å². The highest BCUT2D eigenvalue weighted by atomic mass is 16.5. The number of rotatable bonds is 8. The van der Waals surface area contributed by atoms with Gasteiger partial charge >= 0.3 is 0 Å². The van der Waals surface area contributed by atoms with Crippen LogP contribution in [0.15, 0.2) is 35.3 Å². The molecule has 8 heteroatoms. The predicted octanol–water partition coefficient (Wildman–Crippen LogP) is 3.13. The summed E-state index contributed by atoms with van der Waals surface area (Å²) in [4.78, 5) is 4.69. The first-order valence-electron chi connectivity index (χ1n) is 10.4. The summed E-state index contributed by atoms with van der Waals surface area (Å²) < 4.78 is 27.7. The van der Waals surface area contributed by atoms with Crippen LogP contribution in [0, 0.1) is 0 Å². The first-order valence-corrected chi connectivity index (χ1v) is 10.4. The molecule has 2 aromatic carbocycles. The molecule has 3 rings (SSSR count). The third kappa shape index (κ3) is 5.87. The van der Waals surface area contributed by atoms with Crippen molar-refractivity contribution in [2.45, 2.75) is 26.4 Å². The van der Waals surface area contributed by atoms with Gasteiger partial charge < -0.3 is 34.3 Å². The van der Waals surface area contributed by atoms with Crippen molar-refractivity contribution in [3.63, 3.8) is 0 Å². The summed E-state index contributed by atoms with van der Waals surface area (Å²) in [6.45, 7) is 5.20. The number of fused-ring (bicyclic) bond motifs is 1. The molecular formula is C23H31N3O5. The summed E-state index contributed by atoms with van der Waals surface area (Å²) in [5.74, 6) is 4.08. The average Bonchev–Trinajstić information content (AvgIpc) is 3.05. The number of hydrogen-bond donors (Lipinski definition) is 2. The lowest BCUT2D eigenvalue weighted by Gasteiger charge is -2.15. The van der Waals surface area contributed by atoms with Crippen LogP contribution in [0.1, 0.15) is 24.5 Å². The van der Waals surface area contributed by atoms with Gasteiger partial charge in [0.1, 0.15) is 0 Å². The Morgan fingerprint density at radius 2 is 1.61 bits per heavy atom. The van der Waals surface area contributed by atoms with Crippen LogP contribution < -0.4 is 34.3 Å². The van der Waals surface area contributed by atoms with Crippen molar-refractivity contribution in [2.24, 2.45) is 4.99 Å². The maximum Gasteiger partial charge on any atom is 0.203 e. The molecule has 168 valence electrons. The fourth-order valence-electron chi connectivity index (χ4n) is 3.24. The molecule has 0 unspecified atom stereocenters. The van der Waals surface area contributed by atoms with E-state index in [-0.39, 0.29) is 0 Å². The zero-order valence-corrected chi connectivity index (χ0v) is 18.6. The average molecular weight is 430 g/mol. The van der Waals surface area contributed by atoms with E-state index < -0.39 is 0 Å². The molecular weight excluding hydrogens is 398 g/mol. The Balaban J connectivity index is 1.70. The molecule has 1 aliphatic rings. The smallest absolute Gasteiger partial charge is 0.203 e. The van der Waals surface area contributed by atoms with Crippen LogP contribution in [0.25, 0.3) is 0 Å². The van der Waals surface area contributed by atoms with Gasteiger partial charge in [-0.3, -0.25) is 0 Å². The van der Waals surface area contributed by atoms with Gasteiger partial charge in [0.25, 0.3) is 0 Å². The predicted molar refractivity (Wildman–Crippen MR) is 120 cm³/mol. The second-order valence-corrected chi connectivity index (χ2v) is 6.91. The third-order valence-electron chi connectivity index (χ3n) is 4.76. The van der Waals surface area contributed by atoms with Crippen molar-refractivity contribution < 1.29 is 23.7 Å². The summed E-state index contributed by atoms with van der Waals surface area (Å²) in [7, 11) is 4.79. The van der Waals surface area contributed by atoms with Gasteiger partial charge in [-0.2, -0.15) is 0 Å². The Hall–Kier alpha value is -3.29. The fraction of sp³-hybridized carbons (Fsp3) is 0.435. The Kier molecular flexibility index (Phi) is 8.09. The van der Waals surface area contributed by atoms with Gasteiger partial charge in [0.15, 0.2) is 29.0 Å². The lowest BCUT2D eigenvalue weighted by molar-refractivity contribution is 0.297. The molecule has 0 aliphatic carbocycles. The Bertz CT molecular complexity index is 876. The van der Waals surface area contributed by atoms with E-state index in [0.29, 0.717) is 49.5 Å². The number of nitrogens with one attached hydrogen (secondary N) is 2. The Morgan fingerprint density at radius 3 is 2.26 bits per heavy atom. The molecule has 2 N–H and O–H groups in total. The molecule has 1 aliphatic heterocycles. The summed E-state index contributed by atoms with van der Waals surface area (Å²) in [6, 6.07) is 9.80. The maximum atomic E-state index is 5.78. The quantitative estimate of drug-likeness (QED) is 0.493. The molecule has 31 heavy (non-hydrogen) atoms. The zero-order chi connectivity index (χ0) is 22.1. The monoisotopic (exact) mass is 429 g/mol. The Morgan fingerprint density at radius 1 is 0.903 bits per heavy atom. The van der Waals surface area contributed by atoms with Crippen LogP contribution in [-0.4, -0.2) is 47.0 Å². The van der Waals surface area contributed by atoms with Crippen molar-refractivity contribution in [1.82, 2.24) is 10.6 Å². The number of hydrogen-bond acceptors (Lipinski definition) is 6. The SMILES string of the molecule is CCNC(=NCc1cc(OC)c(OC)c(OC)c1)NCc1ccc2c(c1)OCCCO2. The van der Waals surface area contributed by atoms with E-state index in [1.165, 1.54) is 0 Å². The highest BCUT2D eigenvalue weighted by Crippen LogP contribution is 2.38. The van der Waals surface area contributed by atoms with Crippen LogP contribution in [0.3, 0.4) is 0 Å². The van der Waals surface area contributed by atoms with Gasteiger partial charge in [-0.15, -0.1) is 0 Å². The van der Waals surface area contributed by atoms with Crippen LogP contribution >= 0.6 is 0 Å². The second kappa shape index (κ2) is 11.2. The van der Waals surface area contributed by atoms with E-state index in [0.717, 1.165) is 35.6 Å². The molecule has 0 spiro atoms. The highest BCUT2D eigenvalue weighted by Gasteiger charge is 2.13. The standard InChI is InChI=1S/C23H31N3O5/c1-5-24-23(25-14-16-7-8-18-19(11-16)31-10-6-9-30-18)26-15-17-12-20(27-2)22(29-4)21(13-17)28-3/h7-8,11-13H,5-6,9-10,14-15H2,1-4H3,(H2,24,25,26). The number of aliphatic imine (C=N–C) groups is 1. The van der Waals surface area contributed by atoms with Crippen molar-refractivity contribution in [3.05, 3.63) is 41.5 Å². The minimum Gasteiger partial charge on any atom is -0.493 e. The topological polar surface area (TPSA) is 82.6 Å². The minimum absolute atomic E-state index is 0.452. The van der Waals surface area contributed by atoms with Crippen molar-refractivity contribution in [2.75, 3.05) is 41.1 Å². The molecule has 8 nitrogen and oxygen atoms in total. The van der Waals surface area contributed by atoms with Gasteiger partial charge in [0.2, 0.25) is 5.75 Å². The van der Waals surface area contributed by atoms with E-state index in [4.69, 9.17) is 28.7 Å². The normalized spacial score (nSPS) is 13.2. The number of nitrogens with zero attached hydrogens (tertiary/aromatic N) is 1. The highest BCUT2D eigenvalue weighted by molar-refractivity contribution is 5.79. The molecule has 2 aromatic rings. The maximum absolute atomic E-state index is 5.78. The fourth-order valence-corrected chi connectivity index (χ4v) is 3.24. The molecule has 1 heterocycles. The van der Waals surface area contributed by atoms with Gasteiger partial charge in [-0.25, -0.2) is 4.99 Å². The van der Waals surface area contributed by atoms with Crippen LogP contribution in [0.4, 0.5) is 0 Å². The summed E-state index contributed by atoms with van der Waals surface area (Å²) in [5, 5.41) is 6.64. The van der Waals surface area contributed by atoms with E-state index in [1.807, 2.05) is 37.3 Å². The van der Waals surface area contributed by atoms with Crippen LogP contribution in [0.2, 0.25) is 0 Å². The van der Waals surface area contributed by atoms with Crippen molar-refractivity contribution >= 4 is 5.96 Å². The van der Waals surface area contributed by atoms with Gasteiger partial charge in [-0.05, 0) is 42.3 Å². The molecule has 0 fully saturated rings. The molecule has 0 amide bonds.